The van der Waals surface area contributed by atoms with Gasteiger partial charge in [0, 0.05) is 33.6 Å². The predicted octanol–water partition coefficient (Wildman–Crippen LogP) is 21.6. The molecule has 0 saturated heterocycles. The molecule has 3 aliphatic heterocycles. The summed E-state index contributed by atoms with van der Waals surface area (Å²) in [5.74, 6) is 1.49. The zero-order valence-electron chi connectivity index (χ0n) is 60.1. The summed E-state index contributed by atoms with van der Waals surface area (Å²) in [6, 6.07) is 75.1. The maximum absolute atomic E-state index is 9.59. The van der Waals surface area contributed by atoms with Crippen LogP contribution in [0.25, 0.3) is 55.6 Å². The Labute approximate surface area is 543 Å². The summed E-state index contributed by atoms with van der Waals surface area (Å²) < 4.78 is 53.3. The van der Waals surface area contributed by atoms with Crippen molar-refractivity contribution in [3.05, 3.63) is 287 Å². The van der Waals surface area contributed by atoms with E-state index in [1.54, 1.807) is 0 Å². The molecule has 14 rings (SSSR count). The van der Waals surface area contributed by atoms with E-state index in [-0.39, 0.29) is 56.8 Å². The fourth-order valence-electron chi connectivity index (χ4n) is 14.3. The second-order valence-corrected chi connectivity index (χ2v) is 30.6. The summed E-state index contributed by atoms with van der Waals surface area (Å²) in [5.41, 5.74) is 24.1. The maximum atomic E-state index is 9.59. The van der Waals surface area contributed by atoms with E-state index >= 15 is 0 Å². The van der Waals surface area contributed by atoms with Crippen molar-refractivity contribution < 1.29 is 11.6 Å². The van der Waals surface area contributed by atoms with Crippen LogP contribution in [0.1, 0.15) is 161 Å². The number of anilines is 3. The quantitative estimate of drug-likeness (QED) is 0.154. The molecule has 0 saturated carbocycles. The minimum Gasteiger partial charge on any atom is -0.457 e. The van der Waals surface area contributed by atoms with Gasteiger partial charge in [-0.2, -0.15) is 0 Å². The van der Waals surface area contributed by atoms with Crippen molar-refractivity contribution >= 4 is 40.2 Å². The molecule has 11 aromatic rings. The molecule has 0 aliphatic carbocycles. The van der Waals surface area contributed by atoms with Crippen molar-refractivity contribution in [3.8, 4) is 67.1 Å². The van der Waals surface area contributed by atoms with Crippen LogP contribution < -0.4 is 26.0 Å². The van der Waals surface area contributed by atoms with Gasteiger partial charge in [-0.3, -0.25) is 0 Å². The fraction of sp³-hybridized carbons (Fsp3) is 0.241. The highest BCUT2D eigenvalue weighted by Gasteiger charge is 2.55. The molecular weight excluding hydrogens is 1090 g/mol. The van der Waals surface area contributed by atoms with E-state index in [1.807, 2.05) is 6.07 Å². The van der Waals surface area contributed by atoms with E-state index < -0.39 is 18.2 Å². The summed E-state index contributed by atoms with van der Waals surface area (Å²) in [5, 5.41) is 0. The number of hydrogen-bond acceptors (Lipinski definition) is 2. The lowest BCUT2D eigenvalue weighted by molar-refractivity contribution is 0.435. The van der Waals surface area contributed by atoms with Crippen molar-refractivity contribution in [2.24, 2.45) is 0 Å². The highest BCUT2D eigenvalue weighted by atomic mass is 16.5. The van der Waals surface area contributed by atoms with Gasteiger partial charge >= 0.3 is 0 Å². The Morgan fingerprint density at radius 2 is 0.756 bits per heavy atom. The van der Waals surface area contributed by atoms with Gasteiger partial charge in [-0.1, -0.05) is 303 Å². The molecule has 0 radical (unpaired) electrons. The molecule has 11 aromatic carbocycles. The molecule has 0 atom stereocenters. The zero-order chi connectivity index (χ0) is 67.4. The van der Waals surface area contributed by atoms with Crippen molar-refractivity contribution in [2.75, 3.05) is 4.90 Å². The predicted molar refractivity (Wildman–Crippen MR) is 385 cm³/mol. The molecule has 1 spiro atoms. The monoisotopic (exact) mass is 1170 g/mol. The van der Waals surface area contributed by atoms with Gasteiger partial charge in [-0.15, -0.1) is 0 Å². The highest BCUT2D eigenvalue weighted by Crippen LogP contribution is 2.59. The van der Waals surface area contributed by atoms with E-state index in [1.165, 1.54) is 27.8 Å². The van der Waals surface area contributed by atoms with Crippen molar-refractivity contribution in [1.82, 2.24) is 0 Å². The van der Waals surface area contributed by atoms with Crippen LogP contribution in [-0.2, 0) is 32.5 Å². The number of nitrogens with zero attached hydrogens (tertiary/aromatic N) is 1. The molecule has 2 nitrogen and oxygen atoms in total. The van der Waals surface area contributed by atoms with E-state index in [0.29, 0.717) is 5.56 Å². The summed E-state index contributed by atoms with van der Waals surface area (Å²) >= 11 is 0. The van der Waals surface area contributed by atoms with Crippen LogP contribution in [0.5, 0.6) is 11.5 Å². The van der Waals surface area contributed by atoms with E-state index in [9.17, 15) is 2.74 Å². The lowest BCUT2D eigenvalue weighted by atomic mass is 9.29. The Kier molecular flexibility index (Phi) is 12.4. The summed E-state index contributed by atoms with van der Waals surface area (Å²) in [7, 11) is 0. The number of fused-ring (bicyclic) bond motifs is 10. The van der Waals surface area contributed by atoms with Crippen LogP contribution in [0.2, 0.25) is 0 Å². The van der Waals surface area contributed by atoms with Crippen molar-refractivity contribution in [3.63, 3.8) is 0 Å². The van der Waals surface area contributed by atoms with Crippen LogP contribution in [-0.4, -0.2) is 6.71 Å². The molecule has 90 heavy (non-hydrogen) atoms. The van der Waals surface area contributed by atoms with Gasteiger partial charge in [0.05, 0.1) is 18.0 Å². The Hall–Kier alpha value is -8.92. The molecule has 0 fully saturated rings. The first-order valence-corrected chi connectivity index (χ1v) is 32.2. The molecule has 3 aliphatic rings. The van der Waals surface area contributed by atoms with Crippen LogP contribution in [0.15, 0.2) is 236 Å². The van der Waals surface area contributed by atoms with E-state index in [4.69, 9.17) is 8.85 Å². The Bertz CT molecular complexity index is 4750. The molecule has 446 valence electrons. The molecule has 3 heteroatoms. The minimum absolute atomic E-state index is 0.153. The van der Waals surface area contributed by atoms with E-state index in [2.05, 4.69) is 309 Å². The third kappa shape index (κ3) is 9.87. The van der Waals surface area contributed by atoms with Crippen molar-refractivity contribution in [2.45, 2.75) is 136 Å². The zero-order valence-corrected chi connectivity index (χ0v) is 55.1. The Balaban J connectivity index is 1.24. The van der Waals surface area contributed by atoms with Gasteiger partial charge in [-0.05, 0) is 164 Å². The van der Waals surface area contributed by atoms with Gasteiger partial charge in [0.15, 0.2) is 0 Å². The SMILES string of the molecule is [2H]c1c([2H])c([2H])c(-c2ccc3c(c2)B2c4cc(-c5cc(C(C)(C)C)cc(C(C)(C)C)c5)ccc4N(c4c(-c5ccccc5)cc(C(C)(C)C)cc4-c4ccccc4)c4cc(-c5cc(C(C)(C)C)cc(C(C)(C)C)c5)cc(c42)C32c3ccccc3Oc3ccccc32)c([2H])c1[2H]. The first-order chi connectivity index (χ1) is 44.8. The molecular formula is C87H84BNO. The second kappa shape index (κ2) is 21.1. The number of rotatable bonds is 6. The van der Waals surface area contributed by atoms with Crippen LogP contribution in [0, 0.1) is 0 Å². The molecule has 3 heterocycles. The lowest BCUT2D eigenvalue weighted by Gasteiger charge is -2.51. The molecule has 0 unspecified atom stereocenters. The van der Waals surface area contributed by atoms with Crippen molar-refractivity contribution in [1.29, 1.82) is 0 Å². The average molecular weight is 1180 g/mol. The Morgan fingerprint density at radius 1 is 0.333 bits per heavy atom. The van der Waals surface area contributed by atoms with Gasteiger partial charge in [0.1, 0.15) is 11.5 Å². The average Bonchev–Trinajstić information content (AvgIpc) is 0.666. The number of hydrogen-bond donors (Lipinski definition) is 0. The summed E-state index contributed by atoms with van der Waals surface area (Å²) in [6.07, 6.45) is 0. The van der Waals surface area contributed by atoms with Gasteiger partial charge in [0.25, 0.3) is 0 Å². The summed E-state index contributed by atoms with van der Waals surface area (Å²) in [6.45, 7) is 34.1. The molecule has 0 aromatic heterocycles. The lowest BCUT2D eigenvalue weighted by Crippen LogP contribution is -2.65. The van der Waals surface area contributed by atoms with Gasteiger partial charge in [-0.25, -0.2) is 0 Å². The maximum Gasteiger partial charge on any atom is 0.247 e. The molecule has 0 amide bonds. The van der Waals surface area contributed by atoms with E-state index in [0.717, 1.165) is 112 Å². The normalized spacial score (nSPS) is 14.9. The summed E-state index contributed by atoms with van der Waals surface area (Å²) in [4.78, 5) is 2.62. The standard InChI is InChI=1S/C87H84BNO/c1-82(2,3)63-43-60(44-64(51-63)83(4,5)6)59-40-42-76-75(49-59)88-74-48-58(55-29-19-16-20-30-55)39-41-70(74)87(71-35-25-27-37-78(71)90-79-38-28-26-36-72(79)87)73-47-62(61-45-65(84(7,8)9)52-66(46-61)85(10,11)12)50-77(80(73)88)89(76)81-68(56-31-21-17-22-32-56)53-67(86(13,14)15)54-69(81)57-33-23-18-24-34-57/h16-54H,1-15H3/i16D,19D,20D,29D,30D. The van der Waals surface area contributed by atoms with Gasteiger partial charge < -0.3 is 9.64 Å². The number of ether oxygens (including phenoxy) is 1. The van der Waals surface area contributed by atoms with Crippen LogP contribution in [0.4, 0.5) is 17.1 Å². The fourth-order valence-corrected chi connectivity index (χ4v) is 14.3. The minimum atomic E-state index is -1.06. The third-order valence-electron chi connectivity index (χ3n) is 19.4. The first kappa shape index (κ1) is 53.0. The highest BCUT2D eigenvalue weighted by molar-refractivity contribution is 6.99. The molecule has 0 bridgehead atoms. The second-order valence-electron chi connectivity index (χ2n) is 30.6. The van der Waals surface area contributed by atoms with Crippen LogP contribution in [0.3, 0.4) is 0 Å². The molecule has 0 N–H and O–H groups in total. The number of para-hydroxylation sites is 2. The smallest absolute Gasteiger partial charge is 0.247 e. The first-order valence-electron chi connectivity index (χ1n) is 34.7. The largest absolute Gasteiger partial charge is 0.457 e. The van der Waals surface area contributed by atoms with Gasteiger partial charge in [0.2, 0.25) is 6.71 Å². The Morgan fingerprint density at radius 3 is 1.26 bits per heavy atom. The van der Waals surface area contributed by atoms with Crippen LogP contribution >= 0.6 is 0 Å². The topological polar surface area (TPSA) is 12.5 Å². The third-order valence-corrected chi connectivity index (χ3v) is 19.4. The number of benzene rings is 11.